The molecule has 130 valence electrons. The lowest BCUT2D eigenvalue weighted by Gasteiger charge is -2.11. The third-order valence-electron chi connectivity index (χ3n) is 2.80. The van der Waals surface area contributed by atoms with Crippen LogP contribution in [-0.4, -0.2) is 42.4 Å². The van der Waals surface area contributed by atoms with Gasteiger partial charge in [0, 0.05) is 18.9 Å². The molecule has 0 saturated carbocycles. The number of nitrogens with one attached hydrogen (secondary N) is 4. The second kappa shape index (κ2) is 7.10. The molecule has 1 amide bonds. The Balaban J connectivity index is 2.13. The zero-order valence-electron chi connectivity index (χ0n) is 12.8. The third kappa shape index (κ3) is 4.54. The Labute approximate surface area is 134 Å². The summed E-state index contributed by atoms with van der Waals surface area (Å²) in [5, 5.41) is 16.4. The normalized spacial score (nSPS) is 12.3. The van der Waals surface area contributed by atoms with Gasteiger partial charge in [0.25, 0.3) is 5.91 Å². The quantitative estimate of drug-likeness (QED) is 0.589. The number of rotatable bonds is 6. The summed E-state index contributed by atoms with van der Waals surface area (Å²) >= 11 is 0. The van der Waals surface area contributed by atoms with E-state index in [0.717, 1.165) is 0 Å². The van der Waals surface area contributed by atoms with Crippen molar-refractivity contribution in [2.75, 3.05) is 10.6 Å². The topological polar surface area (TPSA) is 124 Å². The van der Waals surface area contributed by atoms with Gasteiger partial charge in [-0.3, -0.25) is 20.3 Å². The molecule has 2 heterocycles. The summed E-state index contributed by atoms with van der Waals surface area (Å²) in [4.78, 5) is 19.4. The number of halogens is 3. The van der Waals surface area contributed by atoms with Crippen molar-refractivity contribution in [1.82, 2.24) is 30.4 Å². The molecular formula is C12H15F3N8O. The molecule has 0 radical (unpaired) electrons. The summed E-state index contributed by atoms with van der Waals surface area (Å²) < 4.78 is 39.1. The van der Waals surface area contributed by atoms with Crippen molar-refractivity contribution in [3.05, 3.63) is 23.4 Å². The van der Waals surface area contributed by atoms with Gasteiger partial charge in [0.05, 0.1) is 0 Å². The fourth-order valence-electron chi connectivity index (χ4n) is 1.61. The first-order chi connectivity index (χ1) is 11.3. The maximum absolute atomic E-state index is 13.0. The summed E-state index contributed by atoms with van der Waals surface area (Å²) in [7, 11) is 0. The van der Waals surface area contributed by atoms with Gasteiger partial charge in [0.15, 0.2) is 0 Å². The number of carbonyl (C=O) groups excluding carboxylic acids is 1. The van der Waals surface area contributed by atoms with E-state index in [1.54, 1.807) is 13.8 Å². The van der Waals surface area contributed by atoms with Crippen LogP contribution >= 0.6 is 0 Å². The number of alkyl halides is 3. The first-order valence-electron chi connectivity index (χ1n) is 7.01. The zero-order chi connectivity index (χ0) is 17.7. The highest BCUT2D eigenvalue weighted by Crippen LogP contribution is 2.26. The molecular weight excluding hydrogens is 329 g/mol. The van der Waals surface area contributed by atoms with Crippen molar-refractivity contribution in [2.24, 2.45) is 0 Å². The van der Waals surface area contributed by atoms with Crippen molar-refractivity contribution in [2.45, 2.75) is 32.9 Å². The standard InChI is InChI=1S/C12H15F3N8O/c1-3-7-17-10(22-20-7)16-6(12(13,14)15)5-9(24)19-11-18-8(4-2)21-23-11/h5H,3-4H2,1-2H3,(H2,16,17,20,22)(H2,18,19,21,23,24)/b6-5-. The average molecular weight is 344 g/mol. The maximum atomic E-state index is 13.0. The lowest BCUT2D eigenvalue weighted by molar-refractivity contribution is -0.113. The Morgan fingerprint density at radius 2 is 1.54 bits per heavy atom. The van der Waals surface area contributed by atoms with Gasteiger partial charge in [0.1, 0.15) is 17.3 Å². The Bertz CT molecular complexity index is 733. The highest BCUT2D eigenvalue weighted by Gasteiger charge is 2.35. The smallest absolute Gasteiger partial charge is 0.319 e. The van der Waals surface area contributed by atoms with Gasteiger partial charge in [-0.05, 0) is 0 Å². The van der Waals surface area contributed by atoms with Crippen LogP contribution in [0.15, 0.2) is 11.8 Å². The molecule has 2 aromatic rings. The van der Waals surface area contributed by atoms with Gasteiger partial charge in [-0.1, -0.05) is 13.8 Å². The predicted molar refractivity (Wildman–Crippen MR) is 77.9 cm³/mol. The highest BCUT2D eigenvalue weighted by atomic mass is 19.4. The second-order valence-electron chi connectivity index (χ2n) is 4.59. The van der Waals surface area contributed by atoms with Crippen LogP contribution in [-0.2, 0) is 17.6 Å². The molecule has 2 rings (SSSR count). The zero-order valence-corrected chi connectivity index (χ0v) is 12.8. The van der Waals surface area contributed by atoms with Gasteiger partial charge < -0.3 is 5.32 Å². The van der Waals surface area contributed by atoms with E-state index in [1.165, 1.54) is 0 Å². The number of aryl methyl sites for hydroxylation is 2. The molecule has 4 N–H and O–H groups in total. The van der Waals surface area contributed by atoms with E-state index >= 15 is 0 Å². The molecule has 0 spiro atoms. The maximum Gasteiger partial charge on any atom is 0.431 e. The molecule has 2 aromatic heterocycles. The number of hydrogen-bond acceptors (Lipinski definition) is 6. The number of amides is 1. The Morgan fingerprint density at radius 1 is 1.04 bits per heavy atom. The molecule has 0 unspecified atom stereocenters. The Morgan fingerprint density at radius 3 is 1.96 bits per heavy atom. The summed E-state index contributed by atoms with van der Waals surface area (Å²) in [6.07, 6.45) is -3.43. The number of aromatic amines is 2. The summed E-state index contributed by atoms with van der Waals surface area (Å²) in [6, 6.07) is 0. The summed E-state index contributed by atoms with van der Waals surface area (Å²) in [5.74, 6) is -0.523. The molecule has 0 aliphatic carbocycles. The molecule has 0 fully saturated rings. The van der Waals surface area contributed by atoms with Gasteiger partial charge in [-0.15, -0.1) is 10.2 Å². The Hall–Kier alpha value is -2.92. The van der Waals surface area contributed by atoms with Crippen molar-refractivity contribution >= 4 is 17.8 Å². The molecule has 0 aliphatic heterocycles. The average Bonchev–Trinajstić information content (AvgIpc) is 3.14. The van der Waals surface area contributed by atoms with Crippen LogP contribution in [0.1, 0.15) is 25.5 Å². The fourth-order valence-corrected chi connectivity index (χ4v) is 1.61. The summed E-state index contributed by atoms with van der Waals surface area (Å²) in [5.41, 5.74) is -1.31. The molecule has 9 nitrogen and oxygen atoms in total. The van der Waals surface area contributed by atoms with Gasteiger partial charge in [-0.25, -0.2) is 0 Å². The van der Waals surface area contributed by atoms with Gasteiger partial charge in [0.2, 0.25) is 11.9 Å². The van der Waals surface area contributed by atoms with Crippen LogP contribution < -0.4 is 10.6 Å². The number of nitrogens with zero attached hydrogens (tertiary/aromatic N) is 4. The number of anilines is 2. The Kier molecular flexibility index (Phi) is 5.16. The van der Waals surface area contributed by atoms with E-state index in [0.29, 0.717) is 30.6 Å². The monoisotopic (exact) mass is 344 g/mol. The number of allylic oxidation sites excluding steroid dienone is 1. The number of aromatic nitrogens is 6. The number of H-pyrrole nitrogens is 2. The molecule has 0 aromatic carbocycles. The molecule has 0 aliphatic rings. The molecule has 0 bridgehead atoms. The lowest BCUT2D eigenvalue weighted by Crippen LogP contribution is -2.23. The van der Waals surface area contributed by atoms with Gasteiger partial charge >= 0.3 is 6.18 Å². The number of carbonyl (C=O) groups is 1. The molecule has 12 heteroatoms. The van der Waals surface area contributed by atoms with Crippen LogP contribution in [0.5, 0.6) is 0 Å². The lowest BCUT2D eigenvalue weighted by atomic mass is 10.3. The van der Waals surface area contributed by atoms with E-state index in [1.807, 2.05) is 5.32 Å². The van der Waals surface area contributed by atoms with Crippen LogP contribution in [0.4, 0.5) is 25.1 Å². The molecule has 0 saturated heterocycles. The SMILES string of the molecule is CCc1nc(NC(=O)/C=C(\Nc2n[nH]c(CC)n2)C(F)(F)F)n[nH]1. The number of hydrogen-bond donors (Lipinski definition) is 4. The van der Waals surface area contributed by atoms with E-state index in [-0.39, 0.29) is 11.9 Å². The van der Waals surface area contributed by atoms with Gasteiger partial charge in [-0.2, -0.15) is 23.1 Å². The van der Waals surface area contributed by atoms with Crippen LogP contribution in [0.25, 0.3) is 0 Å². The largest absolute Gasteiger partial charge is 0.431 e. The highest BCUT2D eigenvalue weighted by molar-refractivity contribution is 5.98. The van der Waals surface area contributed by atoms with E-state index in [4.69, 9.17) is 0 Å². The van der Waals surface area contributed by atoms with E-state index < -0.39 is 17.8 Å². The van der Waals surface area contributed by atoms with E-state index in [2.05, 4.69) is 35.7 Å². The minimum absolute atomic E-state index is 0.110. The molecule has 0 atom stereocenters. The van der Waals surface area contributed by atoms with E-state index in [9.17, 15) is 18.0 Å². The first kappa shape index (κ1) is 17.4. The fraction of sp³-hybridized carbons (Fsp3) is 0.417. The first-order valence-corrected chi connectivity index (χ1v) is 7.01. The van der Waals surface area contributed by atoms with Crippen LogP contribution in [0, 0.1) is 0 Å². The molecule has 24 heavy (non-hydrogen) atoms. The minimum Gasteiger partial charge on any atom is -0.319 e. The van der Waals surface area contributed by atoms with Crippen molar-refractivity contribution < 1.29 is 18.0 Å². The van der Waals surface area contributed by atoms with Crippen molar-refractivity contribution in [3.8, 4) is 0 Å². The minimum atomic E-state index is -4.79. The second-order valence-corrected chi connectivity index (χ2v) is 4.59. The van der Waals surface area contributed by atoms with Crippen LogP contribution in [0.2, 0.25) is 0 Å². The van der Waals surface area contributed by atoms with Crippen molar-refractivity contribution in [1.29, 1.82) is 0 Å². The summed E-state index contributed by atoms with van der Waals surface area (Å²) in [6.45, 7) is 3.57. The van der Waals surface area contributed by atoms with Crippen LogP contribution in [0.3, 0.4) is 0 Å². The predicted octanol–water partition coefficient (Wildman–Crippen LogP) is 1.54. The third-order valence-corrected chi connectivity index (χ3v) is 2.80. The van der Waals surface area contributed by atoms with Crippen molar-refractivity contribution in [3.63, 3.8) is 0 Å².